The first-order valence-corrected chi connectivity index (χ1v) is 5.07. The second-order valence-corrected chi connectivity index (χ2v) is 4.26. The summed E-state index contributed by atoms with van der Waals surface area (Å²) in [6.07, 6.45) is 0.854. The van der Waals surface area contributed by atoms with E-state index in [1.54, 1.807) is 0 Å². The molecule has 1 aliphatic carbocycles. The van der Waals surface area contributed by atoms with Crippen LogP contribution in [0.15, 0.2) is 22.6 Å². The molecule has 0 aliphatic heterocycles. The third-order valence-corrected chi connectivity index (χ3v) is 2.62. The Morgan fingerprint density at radius 1 is 1.50 bits per heavy atom. The predicted octanol–water partition coefficient (Wildman–Crippen LogP) is -0.250. The third kappa shape index (κ3) is 1.97. The largest absolute Gasteiger partial charge is 0.377 e. The zero-order chi connectivity index (χ0) is 10.9. The maximum atomic E-state index is 10.7. The summed E-state index contributed by atoms with van der Waals surface area (Å²) < 4.78 is 30.1. The van der Waals surface area contributed by atoms with Gasteiger partial charge in [0, 0.05) is 6.08 Å². The van der Waals surface area contributed by atoms with E-state index in [2.05, 4.69) is 4.79 Å². The summed E-state index contributed by atoms with van der Waals surface area (Å²) in [4.78, 5) is 2.31. The number of nitrogens with zero attached hydrogens (tertiary/aromatic N) is 2. The van der Waals surface area contributed by atoms with Crippen LogP contribution in [0.1, 0.15) is 6.92 Å². The van der Waals surface area contributed by atoms with E-state index in [1.807, 2.05) is 0 Å². The molecule has 0 heterocycles. The van der Waals surface area contributed by atoms with Crippen molar-refractivity contribution >= 4 is 15.8 Å². The summed E-state index contributed by atoms with van der Waals surface area (Å²) in [6, 6.07) is 0. The average Bonchev–Trinajstić information content (AvgIpc) is 2.07. The molecule has 0 fully saturated rings. The van der Waals surface area contributed by atoms with E-state index >= 15 is 0 Å². The van der Waals surface area contributed by atoms with Crippen molar-refractivity contribution < 1.29 is 22.9 Å². The van der Waals surface area contributed by atoms with Gasteiger partial charge in [0.25, 0.3) is 10.1 Å². The number of allylic oxidation sites excluding steroid dienone is 1. The van der Waals surface area contributed by atoms with Crippen LogP contribution < -0.4 is 0 Å². The first-order chi connectivity index (χ1) is 6.36. The van der Waals surface area contributed by atoms with Crippen molar-refractivity contribution in [3.8, 4) is 0 Å². The Labute approximate surface area is 80.5 Å². The van der Waals surface area contributed by atoms with Crippen molar-refractivity contribution in [1.29, 1.82) is 0 Å². The second-order valence-electron chi connectivity index (χ2n) is 2.84. The van der Waals surface area contributed by atoms with Gasteiger partial charge in [0.05, 0.1) is 0 Å². The molecule has 0 saturated carbocycles. The standard InChI is InChI=1S/C7H8N2O4S/c1-4-2-5(14(11,12)13)3-6(9-8)7(4)10/h2-3,7,10H,1H3,(H,11,12,13). The highest BCUT2D eigenvalue weighted by Crippen LogP contribution is 2.18. The van der Waals surface area contributed by atoms with Crippen molar-refractivity contribution in [3.05, 3.63) is 28.2 Å². The molecular weight excluding hydrogens is 208 g/mol. The highest BCUT2D eigenvalue weighted by Gasteiger charge is 2.28. The van der Waals surface area contributed by atoms with Gasteiger partial charge < -0.3 is 10.6 Å². The minimum absolute atomic E-state index is 0.224. The lowest BCUT2D eigenvalue weighted by Crippen LogP contribution is -2.25. The fraction of sp³-hybridized carbons (Fsp3) is 0.286. The molecule has 0 aromatic rings. The van der Waals surface area contributed by atoms with Crippen molar-refractivity contribution in [1.82, 2.24) is 0 Å². The molecule has 76 valence electrons. The Morgan fingerprint density at radius 2 is 2.07 bits per heavy atom. The van der Waals surface area contributed by atoms with E-state index in [4.69, 9.17) is 10.1 Å². The van der Waals surface area contributed by atoms with E-state index < -0.39 is 21.1 Å². The number of hydrogen-bond donors (Lipinski definition) is 2. The fourth-order valence-corrected chi connectivity index (χ4v) is 1.64. The second kappa shape index (κ2) is 3.47. The summed E-state index contributed by atoms with van der Waals surface area (Å²) in [5.41, 5.74) is 8.49. The molecule has 0 spiro atoms. The van der Waals surface area contributed by atoms with Gasteiger partial charge in [-0.25, -0.2) is 0 Å². The zero-order valence-electron chi connectivity index (χ0n) is 7.25. The van der Waals surface area contributed by atoms with Crippen molar-refractivity contribution in [3.63, 3.8) is 0 Å². The maximum Gasteiger partial charge on any atom is 0.325 e. The van der Waals surface area contributed by atoms with Crippen LogP contribution in [0, 0.1) is 0 Å². The Hall–Kier alpha value is -1.27. The van der Waals surface area contributed by atoms with Crippen molar-refractivity contribution in [2.75, 3.05) is 0 Å². The van der Waals surface area contributed by atoms with Crippen LogP contribution in [-0.2, 0) is 10.1 Å². The lowest BCUT2D eigenvalue weighted by atomic mass is 10.0. The van der Waals surface area contributed by atoms with Gasteiger partial charge in [-0.2, -0.15) is 13.2 Å². The molecule has 14 heavy (non-hydrogen) atoms. The molecule has 0 aromatic carbocycles. The summed E-state index contributed by atoms with van der Waals surface area (Å²) in [5.74, 6) is 0. The normalized spacial score (nSPS) is 22.5. The number of aliphatic hydroxyl groups is 1. The summed E-state index contributed by atoms with van der Waals surface area (Å²) in [5, 5.41) is 9.34. The minimum Gasteiger partial charge on any atom is -0.377 e. The van der Waals surface area contributed by atoms with Gasteiger partial charge in [0.2, 0.25) is 0 Å². The van der Waals surface area contributed by atoms with E-state index in [-0.39, 0.29) is 11.3 Å². The van der Waals surface area contributed by atoms with Gasteiger partial charge in [-0.05, 0) is 18.6 Å². The zero-order valence-corrected chi connectivity index (χ0v) is 8.06. The first kappa shape index (κ1) is 10.8. The van der Waals surface area contributed by atoms with Crippen molar-refractivity contribution in [2.24, 2.45) is 0 Å². The quantitative estimate of drug-likeness (QED) is 0.357. The van der Waals surface area contributed by atoms with Crippen LogP contribution in [0.2, 0.25) is 0 Å². The van der Waals surface area contributed by atoms with E-state index in [1.165, 1.54) is 6.92 Å². The van der Waals surface area contributed by atoms with E-state index in [9.17, 15) is 13.5 Å². The molecule has 0 aromatic heterocycles. The predicted molar refractivity (Wildman–Crippen MR) is 48.0 cm³/mol. The minimum atomic E-state index is -4.34. The van der Waals surface area contributed by atoms with Gasteiger partial charge in [-0.15, -0.1) is 0 Å². The van der Waals surface area contributed by atoms with Crippen LogP contribution in [0.3, 0.4) is 0 Å². The summed E-state index contributed by atoms with van der Waals surface area (Å²) in [6.45, 7) is 1.45. The lowest BCUT2D eigenvalue weighted by molar-refractivity contribution is -0.0159. The summed E-state index contributed by atoms with van der Waals surface area (Å²) >= 11 is 0. The molecule has 0 bridgehead atoms. The van der Waals surface area contributed by atoms with Gasteiger partial charge in [-0.3, -0.25) is 4.55 Å². The Morgan fingerprint density at radius 3 is 2.50 bits per heavy atom. The monoisotopic (exact) mass is 216 g/mol. The Kier molecular flexibility index (Phi) is 2.68. The highest BCUT2D eigenvalue weighted by molar-refractivity contribution is 7.90. The number of hydrogen-bond acceptors (Lipinski definition) is 3. The Balaban J connectivity index is 3.34. The molecule has 7 heteroatoms. The molecule has 1 atom stereocenters. The lowest BCUT2D eigenvalue weighted by Gasteiger charge is -2.10. The molecular formula is C7H8N2O4S. The summed E-state index contributed by atoms with van der Waals surface area (Å²) in [7, 11) is -4.34. The maximum absolute atomic E-state index is 10.7. The SMILES string of the molecule is CC1=CC(S(=O)(=O)O)=CC(=[N+]=[N-])C1O. The van der Waals surface area contributed by atoms with Gasteiger partial charge >= 0.3 is 5.71 Å². The molecule has 6 nitrogen and oxygen atoms in total. The number of rotatable bonds is 1. The average molecular weight is 216 g/mol. The molecule has 1 unspecified atom stereocenters. The van der Waals surface area contributed by atoms with Crippen molar-refractivity contribution in [2.45, 2.75) is 13.0 Å². The van der Waals surface area contributed by atoms with Crippen LogP contribution in [0.4, 0.5) is 0 Å². The van der Waals surface area contributed by atoms with E-state index in [0.29, 0.717) is 0 Å². The van der Waals surface area contributed by atoms with Crippen LogP contribution >= 0.6 is 0 Å². The van der Waals surface area contributed by atoms with Crippen LogP contribution in [0.5, 0.6) is 0 Å². The topological polar surface area (TPSA) is 111 Å². The highest BCUT2D eigenvalue weighted by atomic mass is 32.2. The van der Waals surface area contributed by atoms with Gasteiger partial charge in [-0.1, -0.05) is 0 Å². The Bertz CT molecular complexity index is 468. The molecule has 1 rings (SSSR count). The fourth-order valence-electron chi connectivity index (χ4n) is 1.04. The number of aliphatic hydroxyl groups excluding tert-OH is 1. The van der Waals surface area contributed by atoms with Crippen LogP contribution in [-0.4, -0.2) is 34.7 Å². The molecule has 0 amide bonds. The van der Waals surface area contributed by atoms with E-state index in [0.717, 1.165) is 12.2 Å². The molecule has 0 radical (unpaired) electrons. The van der Waals surface area contributed by atoms with Gasteiger partial charge in [0.15, 0.2) is 6.10 Å². The van der Waals surface area contributed by atoms with Gasteiger partial charge in [0.1, 0.15) is 4.91 Å². The molecule has 0 saturated heterocycles. The smallest absolute Gasteiger partial charge is 0.325 e. The molecule has 2 N–H and O–H groups in total. The molecule has 1 aliphatic rings. The third-order valence-electron chi connectivity index (χ3n) is 1.78. The van der Waals surface area contributed by atoms with Crippen LogP contribution in [0.25, 0.3) is 5.53 Å². The first-order valence-electron chi connectivity index (χ1n) is 3.63.